The molecule has 1 heterocycles. The molecule has 0 radical (unpaired) electrons. The quantitative estimate of drug-likeness (QED) is 0.527. The molecule has 10 nitrogen and oxygen atoms in total. The molecule has 3 amide bonds. The third-order valence-corrected chi connectivity index (χ3v) is 5.64. The summed E-state index contributed by atoms with van der Waals surface area (Å²) in [5, 5.41) is 5.50. The molecule has 0 spiro atoms. The number of benzene rings is 2. The van der Waals surface area contributed by atoms with E-state index in [1.165, 1.54) is 13.2 Å². The molecule has 0 saturated carbocycles. The van der Waals surface area contributed by atoms with Crippen molar-refractivity contribution in [2.24, 2.45) is 0 Å². The maximum absolute atomic E-state index is 12.5. The van der Waals surface area contributed by atoms with Gasteiger partial charge in [-0.25, -0.2) is 0 Å². The summed E-state index contributed by atoms with van der Waals surface area (Å²) >= 11 is 0. The van der Waals surface area contributed by atoms with Gasteiger partial charge >= 0.3 is 0 Å². The van der Waals surface area contributed by atoms with Crippen LogP contribution in [0.4, 0.5) is 5.69 Å². The van der Waals surface area contributed by atoms with Crippen LogP contribution in [0.25, 0.3) is 0 Å². The number of rotatable bonds is 10. The second-order valence-electron chi connectivity index (χ2n) is 8.12. The number of nitrogens with one attached hydrogen (secondary N) is 2. The molecule has 0 bridgehead atoms. The fraction of sp³-hybridized carbons (Fsp3) is 0.400. The summed E-state index contributed by atoms with van der Waals surface area (Å²) in [6, 6.07) is 11.6. The molecule has 1 fully saturated rings. The Kier molecular flexibility index (Phi) is 9.31. The number of carbonyl (C=O) groups is 3. The standard InChI is InChI=1S/C25H32N4O6/c1-28-12-14-29(15-13-28)24(31)10-11-26-25(32)18-4-9-21(22(16-18)34-3)35-17-23(30)27-19-5-7-20(33-2)8-6-19/h4-9,16H,10-15,17H2,1-3H3,(H,26,32)(H,27,30). The van der Waals surface area contributed by atoms with Gasteiger partial charge in [-0.3, -0.25) is 14.4 Å². The largest absolute Gasteiger partial charge is 0.497 e. The molecule has 188 valence electrons. The molecule has 0 aromatic heterocycles. The van der Waals surface area contributed by atoms with Crippen LogP contribution < -0.4 is 24.8 Å². The molecule has 0 atom stereocenters. The Morgan fingerprint density at radius 2 is 1.63 bits per heavy atom. The van der Waals surface area contributed by atoms with Crippen molar-refractivity contribution in [2.75, 3.05) is 65.9 Å². The first-order chi connectivity index (χ1) is 16.9. The number of piperazine rings is 1. The van der Waals surface area contributed by atoms with Crippen LogP contribution in [0, 0.1) is 0 Å². The van der Waals surface area contributed by atoms with E-state index in [4.69, 9.17) is 14.2 Å². The Morgan fingerprint density at radius 1 is 0.914 bits per heavy atom. The van der Waals surface area contributed by atoms with Crippen LogP contribution in [0.15, 0.2) is 42.5 Å². The van der Waals surface area contributed by atoms with Gasteiger partial charge in [0.05, 0.1) is 14.2 Å². The summed E-state index contributed by atoms with van der Waals surface area (Å²) < 4.78 is 16.0. The molecule has 2 aromatic carbocycles. The van der Waals surface area contributed by atoms with Gasteiger partial charge in [-0.15, -0.1) is 0 Å². The van der Waals surface area contributed by atoms with E-state index < -0.39 is 0 Å². The third kappa shape index (κ3) is 7.61. The van der Waals surface area contributed by atoms with Gasteiger partial charge in [0.1, 0.15) is 5.75 Å². The Hall–Kier alpha value is -3.79. The zero-order chi connectivity index (χ0) is 25.2. The summed E-state index contributed by atoms with van der Waals surface area (Å²) in [7, 11) is 5.06. The number of methoxy groups -OCH3 is 2. The fourth-order valence-corrected chi connectivity index (χ4v) is 3.54. The number of likely N-dealkylation sites (N-methyl/N-ethyl adjacent to an activating group) is 1. The third-order valence-electron chi connectivity index (χ3n) is 5.64. The number of hydrogen-bond donors (Lipinski definition) is 2. The molecule has 10 heteroatoms. The molecule has 1 saturated heterocycles. The molecular weight excluding hydrogens is 452 g/mol. The number of nitrogens with zero attached hydrogens (tertiary/aromatic N) is 2. The summed E-state index contributed by atoms with van der Waals surface area (Å²) in [5.74, 6) is 0.715. The lowest BCUT2D eigenvalue weighted by Gasteiger charge is -2.32. The van der Waals surface area contributed by atoms with E-state index in [-0.39, 0.29) is 37.3 Å². The van der Waals surface area contributed by atoms with Crippen LogP contribution >= 0.6 is 0 Å². The summed E-state index contributed by atoms with van der Waals surface area (Å²) in [4.78, 5) is 41.1. The Bertz CT molecular complexity index is 1020. The predicted octanol–water partition coefficient (Wildman–Crippen LogP) is 1.62. The van der Waals surface area contributed by atoms with Gasteiger partial charge in [0, 0.05) is 50.4 Å². The first-order valence-electron chi connectivity index (χ1n) is 11.4. The van der Waals surface area contributed by atoms with Gasteiger partial charge in [-0.1, -0.05) is 0 Å². The van der Waals surface area contributed by atoms with Crippen LogP contribution in [-0.2, 0) is 9.59 Å². The lowest BCUT2D eigenvalue weighted by atomic mass is 10.2. The number of carbonyl (C=O) groups excluding carboxylic acids is 3. The SMILES string of the molecule is COc1ccc(NC(=O)COc2ccc(C(=O)NCCC(=O)N3CCN(C)CC3)cc2OC)cc1. The minimum atomic E-state index is -0.343. The highest BCUT2D eigenvalue weighted by atomic mass is 16.5. The monoisotopic (exact) mass is 484 g/mol. The lowest BCUT2D eigenvalue weighted by Crippen LogP contribution is -2.47. The normalized spacial score (nSPS) is 13.6. The molecule has 3 rings (SSSR count). The molecular formula is C25H32N4O6. The van der Waals surface area contributed by atoms with Crippen molar-refractivity contribution in [2.45, 2.75) is 6.42 Å². The van der Waals surface area contributed by atoms with E-state index in [9.17, 15) is 14.4 Å². The van der Waals surface area contributed by atoms with Crippen LogP contribution in [0.1, 0.15) is 16.8 Å². The van der Waals surface area contributed by atoms with Crippen molar-refractivity contribution in [3.63, 3.8) is 0 Å². The highest BCUT2D eigenvalue weighted by Gasteiger charge is 2.19. The van der Waals surface area contributed by atoms with E-state index in [1.54, 1.807) is 43.5 Å². The highest BCUT2D eigenvalue weighted by molar-refractivity contribution is 5.95. The topological polar surface area (TPSA) is 109 Å². The van der Waals surface area contributed by atoms with Gasteiger partial charge in [-0.2, -0.15) is 0 Å². The number of anilines is 1. The zero-order valence-corrected chi connectivity index (χ0v) is 20.3. The van der Waals surface area contributed by atoms with E-state index >= 15 is 0 Å². The average Bonchev–Trinajstić information content (AvgIpc) is 2.88. The summed E-state index contributed by atoms with van der Waals surface area (Å²) in [6.07, 6.45) is 0.247. The van der Waals surface area contributed by atoms with Crippen molar-refractivity contribution < 1.29 is 28.6 Å². The van der Waals surface area contributed by atoms with Crippen LogP contribution in [-0.4, -0.2) is 88.1 Å². The van der Waals surface area contributed by atoms with Crippen LogP contribution in [0.2, 0.25) is 0 Å². The smallest absolute Gasteiger partial charge is 0.262 e. The van der Waals surface area contributed by atoms with Crippen molar-refractivity contribution in [3.05, 3.63) is 48.0 Å². The predicted molar refractivity (Wildman–Crippen MR) is 131 cm³/mol. The van der Waals surface area contributed by atoms with Crippen LogP contribution in [0.5, 0.6) is 17.2 Å². The molecule has 0 unspecified atom stereocenters. The Balaban J connectivity index is 1.47. The molecule has 2 aromatic rings. The van der Waals surface area contributed by atoms with Gasteiger partial charge < -0.3 is 34.6 Å². The second kappa shape index (κ2) is 12.6. The summed E-state index contributed by atoms with van der Waals surface area (Å²) in [5.41, 5.74) is 0.980. The van der Waals surface area contributed by atoms with Gasteiger partial charge in [0.15, 0.2) is 18.1 Å². The van der Waals surface area contributed by atoms with Crippen LogP contribution in [0.3, 0.4) is 0 Å². The number of hydrogen-bond acceptors (Lipinski definition) is 7. The first kappa shape index (κ1) is 25.8. The Labute approximate surface area is 205 Å². The number of ether oxygens (including phenoxy) is 3. The van der Waals surface area contributed by atoms with Gasteiger partial charge in [0.25, 0.3) is 11.8 Å². The summed E-state index contributed by atoms with van der Waals surface area (Å²) in [6.45, 7) is 3.14. The minimum Gasteiger partial charge on any atom is -0.497 e. The Morgan fingerprint density at radius 3 is 2.29 bits per heavy atom. The van der Waals surface area contributed by atoms with E-state index in [0.29, 0.717) is 41.6 Å². The van der Waals surface area contributed by atoms with Gasteiger partial charge in [-0.05, 0) is 49.5 Å². The fourth-order valence-electron chi connectivity index (χ4n) is 3.54. The van der Waals surface area contributed by atoms with Crippen molar-refractivity contribution in [3.8, 4) is 17.2 Å². The van der Waals surface area contributed by atoms with Crippen molar-refractivity contribution in [1.29, 1.82) is 0 Å². The second-order valence-corrected chi connectivity index (χ2v) is 8.12. The zero-order valence-electron chi connectivity index (χ0n) is 20.3. The van der Waals surface area contributed by atoms with E-state index in [0.717, 1.165) is 13.1 Å². The van der Waals surface area contributed by atoms with Gasteiger partial charge in [0.2, 0.25) is 5.91 Å². The molecule has 35 heavy (non-hydrogen) atoms. The maximum Gasteiger partial charge on any atom is 0.262 e. The lowest BCUT2D eigenvalue weighted by molar-refractivity contribution is -0.132. The molecule has 0 aliphatic carbocycles. The minimum absolute atomic E-state index is 0.0349. The number of amides is 3. The molecule has 1 aliphatic heterocycles. The molecule has 1 aliphatic rings. The maximum atomic E-state index is 12.5. The highest BCUT2D eigenvalue weighted by Crippen LogP contribution is 2.28. The van der Waals surface area contributed by atoms with Crippen molar-refractivity contribution in [1.82, 2.24) is 15.1 Å². The molecule has 2 N–H and O–H groups in total. The average molecular weight is 485 g/mol. The first-order valence-corrected chi connectivity index (χ1v) is 11.4. The van der Waals surface area contributed by atoms with E-state index in [2.05, 4.69) is 15.5 Å². The van der Waals surface area contributed by atoms with Crippen molar-refractivity contribution >= 4 is 23.4 Å². The van der Waals surface area contributed by atoms with E-state index in [1.807, 2.05) is 11.9 Å².